The van der Waals surface area contributed by atoms with Crippen LogP contribution in [-0.4, -0.2) is 0 Å². The topological polar surface area (TPSA) is 13.1 Å². The molecule has 2 unspecified atom stereocenters. The van der Waals surface area contributed by atoms with Gasteiger partial charge < -0.3 is 4.42 Å². The monoisotopic (exact) mass is 845 g/mol. The minimum absolute atomic E-state index is 0.172. The van der Waals surface area contributed by atoms with Crippen LogP contribution in [0.1, 0.15) is 110 Å². The molecule has 1 nitrogen and oxygen atoms in total. The molecule has 2 atom stereocenters. The normalized spacial score (nSPS) is 17.6. The molecule has 0 aliphatic heterocycles. The van der Waals surface area contributed by atoms with Gasteiger partial charge in [0.1, 0.15) is 11.2 Å². The standard InChI is InChI=1S/C29H34.C19H14O.C11H12.2C2H6/c1-6-10-17-27-22(5)26(9-4)28(14-7-2)29(27,24-15-12-11-13-16-24)25-20-18-23(8-3)19-21-25;1-13-6-8-14(9-7-13)15-10-11-19-17(12-15)16-4-2-3-5-18(16)20-19;1-9-5-4-7-10-6-2-3-8-11(9)10;2*1-2/h6-7,10-20,25H,1,8-9,21H2,2-5H3;2-12H,1H3;2-3,5-6,8H,4,7H2,1H3;2*1-2H3/b14-7-,17-10-;;;;. The SMILES string of the molecule is C=C/C=C\C1=C(C)C(CC)=C(/C=C\C)C1(c1ccccc1)C1C=CC(CC)=CC1.CC.CC.CC1=CCCc2ccccc21.Cc1ccc(-c2ccc3oc4ccccc4c3c2)cc1. The highest BCUT2D eigenvalue weighted by Gasteiger charge is 2.49. The third kappa shape index (κ3) is 10.6. The van der Waals surface area contributed by atoms with Crippen LogP contribution < -0.4 is 0 Å². The van der Waals surface area contributed by atoms with Crippen LogP contribution in [0.4, 0.5) is 0 Å². The molecule has 0 bridgehead atoms. The lowest BCUT2D eigenvalue weighted by atomic mass is 9.60. The molecule has 1 aromatic heterocycles. The van der Waals surface area contributed by atoms with E-state index in [0.29, 0.717) is 5.92 Å². The summed E-state index contributed by atoms with van der Waals surface area (Å²) >= 11 is 0. The van der Waals surface area contributed by atoms with Crippen molar-refractivity contribution in [2.24, 2.45) is 5.92 Å². The molecule has 0 saturated carbocycles. The van der Waals surface area contributed by atoms with E-state index >= 15 is 0 Å². The zero-order valence-electron chi connectivity index (χ0n) is 40.5. The fraction of sp³-hybridized carbons (Fsp3) is 0.270. The van der Waals surface area contributed by atoms with Gasteiger partial charge >= 0.3 is 0 Å². The molecular formula is C63H72O. The van der Waals surface area contributed by atoms with E-state index in [9.17, 15) is 0 Å². The van der Waals surface area contributed by atoms with Crippen molar-refractivity contribution in [3.8, 4) is 11.1 Å². The Labute approximate surface area is 386 Å². The molecule has 5 aromatic carbocycles. The molecule has 0 spiro atoms. The van der Waals surface area contributed by atoms with Crippen LogP contribution in [0.5, 0.6) is 0 Å². The molecule has 0 fully saturated rings. The molecule has 330 valence electrons. The third-order valence-corrected chi connectivity index (χ3v) is 12.6. The number of benzene rings is 5. The zero-order valence-corrected chi connectivity index (χ0v) is 40.5. The van der Waals surface area contributed by atoms with Gasteiger partial charge in [-0.2, -0.15) is 0 Å². The van der Waals surface area contributed by atoms with Crippen molar-refractivity contribution in [2.45, 2.75) is 107 Å². The van der Waals surface area contributed by atoms with Crippen molar-refractivity contribution < 1.29 is 4.42 Å². The number of hydrogen-bond donors (Lipinski definition) is 0. The summed E-state index contributed by atoms with van der Waals surface area (Å²) in [4.78, 5) is 0. The second-order valence-corrected chi connectivity index (χ2v) is 16.1. The first-order valence-electron chi connectivity index (χ1n) is 23.9. The van der Waals surface area contributed by atoms with Gasteiger partial charge in [0.15, 0.2) is 0 Å². The fourth-order valence-corrected chi connectivity index (χ4v) is 9.52. The first-order chi connectivity index (χ1) is 31.3. The minimum Gasteiger partial charge on any atom is -0.456 e. The number of furan rings is 1. The number of aryl methyl sites for hydroxylation is 2. The van der Waals surface area contributed by atoms with Gasteiger partial charge in [0.25, 0.3) is 0 Å². The van der Waals surface area contributed by atoms with Crippen molar-refractivity contribution in [2.75, 3.05) is 0 Å². The Kier molecular flexibility index (Phi) is 18.3. The lowest BCUT2D eigenvalue weighted by Crippen LogP contribution is -2.37. The van der Waals surface area contributed by atoms with Crippen molar-refractivity contribution >= 4 is 27.5 Å². The van der Waals surface area contributed by atoms with Crippen molar-refractivity contribution in [3.63, 3.8) is 0 Å². The van der Waals surface area contributed by atoms with E-state index in [1.807, 2.05) is 45.9 Å². The molecule has 0 saturated heterocycles. The van der Waals surface area contributed by atoms with Gasteiger partial charge in [-0.15, -0.1) is 0 Å². The summed E-state index contributed by atoms with van der Waals surface area (Å²) in [5, 5.41) is 2.36. The molecule has 64 heavy (non-hydrogen) atoms. The van der Waals surface area contributed by atoms with E-state index in [1.54, 1.807) is 0 Å². The van der Waals surface area contributed by atoms with Crippen molar-refractivity contribution in [1.29, 1.82) is 0 Å². The molecule has 3 aliphatic rings. The number of hydrogen-bond acceptors (Lipinski definition) is 1. The van der Waals surface area contributed by atoms with Crippen LogP contribution in [0.2, 0.25) is 0 Å². The summed E-state index contributed by atoms with van der Waals surface area (Å²) in [5.74, 6) is 0.384. The summed E-state index contributed by atoms with van der Waals surface area (Å²) in [5.41, 5.74) is 18.4. The largest absolute Gasteiger partial charge is 0.456 e. The van der Waals surface area contributed by atoms with Crippen molar-refractivity contribution in [3.05, 3.63) is 233 Å². The lowest BCUT2D eigenvalue weighted by Gasteiger charge is -2.42. The fourth-order valence-electron chi connectivity index (χ4n) is 9.52. The predicted octanol–water partition coefficient (Wildman–Crippen LogP) is 18.8. The van der Waals surface area contributed by atoms with E-state index in [2.05, 4.69) is 206 Å². The van der Waals surface area contributed by atoms with Crippen LogP contribution in [0, 0.1) is 12.8 Å². The molecule has 6 aromatic rings. The Balaban J connectivity index is 0.000000189. The van der Waals surface area contributed by atoms with E-state index < -0.39 is 0 Å². The van der Waals surface area contributed by atoms with Crippen molar-refractivity contribution in [1.82, 2.24) is 0 Å². The highest BCUT2D eigenvalue weighted by Crippen LogP contribution is 2.57. The smallest absolute Gasteiger partial charge is 0.135 e. The zero-order chi connectivity index (χ0) is 46.1. The molecule has 0 radical (unpaired) electrons. The predicted molar refractivity (Wildman–Crippen MR) is 283 cm³/mol. The quantitative estimate of drug-likeness (QED) is 0.139. The minimum atomic E-state index is -0.172. The van der Waals surface area contributed by atoms with Gasteiger partial charge in [-0.05, 0) is 140 Å². The maximum absolute atomic E-state index is 5.86. The average Bonchev–Trinajstić information content (AvgIpc) is 3.84. The van der Waals surface area contributed by atoms with Crippen LogP contribution in [0.25, 0.3) is 38.6 Å². The Morgan fingerprint density at radius 2 is 1.36 bits per heavy atom. The first kappa shape index (κ1) is 48.8. The summed E-state index contributed by atoms with van der Waals surface area (Å²) in [6.07, 6.45) is 26.0. The second kappa shape index (κ2) is 24.0. The maximum Gasteiger partial charge on any atom is 0.135 e. The van der Waals surface area contributed by atoms with Gasteiger partial charge in [-0.3, -0.25) is 0 Å². The second-order valence-electron chi connectivity index (χ2n) is 16.1. The Bertz CT molecular complexity index is 2680. The number of fused-ring (bicyclic) bond motifs is 4. The summed E-state index contributed by atoms with van der Waals surface area (Å²) < 4.78 is 5.86. The van der Waals surface area contributed by atoms with Crippen LogP contribution in [0.15, 0.2) is 215 Å². The van der Waals surface area contributed by atoms with E-state index in [-0.39, 0.29) is 5.41 Å². The molecule has 1 heterocycles. The summed E-state index contributed by atoms with van der Waals surface area (Å²) in [6, 6.07) is 43.0. The average molecular weight is 845 g/mol. The van der Waals surface area contributed by atoms with Crippen LogP contribution >= 0.6 is 0 Å². The number of rotatable bonds is 8. The Morgan fingerprint density at radius 1 is 0.688 bits per heavy atom. The number of allylic oxidation sites excluding steroid dienone is 15. The molecule has 0 amide bonds. The summed E-state index contributed by atoms with van der Waals surface area (Å²) in [6.45, 7) is 25.2. The van der Waals surface area contributed by atoms with Gasteiger partial charge in [0, 0.05) is 10.8 Å². The number of para-hydroxylation sites is 1. The Hall–Kier alpha value is -6.18. The van der Waals surface area contributed by atoms with Crippen LogP contribution in [-0.2, 0) is 11.8 Å². The highest BCUT2D eigenvalue weighted by molar-refractivity contribution is 6.06. The molecule has 0 N–H and O–H groups in total. The lowest BCUT2D eigenvalue weighted by molar-refractivity contribution is 0.448. The molecule has 9 rings (SSSR count). The first-order valence-corrected chi connectivity index (χ1v) is 23.9. The summed E-state index contributed by atoms with van der Waals surface area (Å²) in [7, 11) is 0. The maximum atomic E-state index is 5.86. The van der Waals surface area contributed by atoms with E-state index in [0.717, 1.165) is 30.4 Å². The molecule has 3 aliphatic carbocycles. The van der Waals surface area contributed by atoms with Gasteiger partial charge in [-0.25, -0.2) is 0 Å². The van der Waals surface area contributed by atoms with Crippen LogP contribution in [0.3, 0.4) is 0 Å². The van der Waals surface area contributed by atoms with E-state index in [4.69, 9.17) is 4.42 Å². The highest BCUT2D eigenvalue weighted by atomic mass is 16.3. The third-order valence-electron chi connectivity index (χ3n) is 12.6. The molecular weight excluding hydrogens is 773 g/mol. The van der Waals surface area contributed by atoms with E-state index in [1.165, 1.54) is 90.4 Å². The van der Waals surface area contributed by atoms with Gasteiger partial charge in [-0.1, -0.05) is 217 Å². The van der Waals surface area contributed by atoms with Gasteiger partial charge in [0.2, 0.25) is 0 Å². The van der Waals surface area contributed by atoms with Gasteiger partial charge in [0.05, 0.1) is 5.41 Å². The Morgan fingerprint density at radius 3 is 2.02 bits per heavy atom. The molecule has 1 heteroatoms.